The Morgan fingerprint density at radius 1 is 1.71 bits per heavy atom. The standard InChI is InChI=1S/C10H15N3O/c1-3-13-9(4-5-12-13)8-6-11-10(14)7(8)2/h4-5,7-8H,3,6H2,1-2H3,(H,11,14). The second-order valence-electron chi connectivity index (χ2n) is 3.71. The van der Waals surface area contributed by atoms with E-state index in [1.807, 2.05) is 17.7 Å². The van der Waals surface area contributed by atoms with Crippen molar-refractivity contribution >= 4 is 5.91 Å². The molecule has 4 nitrogen and oxygen atoms in total. The van der Waals surface area contributed by atoms with Gasteiger partial charge >= 0.3 is 0 Å². The SMILES string of the molecule is CCn1nccc1C1CNC(=O)C1C. The normalized spacial score (nSPS) is 26.6. The molecule has 14 heavy (non-hydrogen) atoms. The summed E-state index contributed by atoms with van der Waals surface area (Å²) in [6, 6.07) is 2.00. The molecule has 1 aromatic rings. The molecule has 1 aliphatic heterocycles. The summed E-state index contributed by atoms with van der Waals surface area (Å²) in [4.78, 5) is 11.3. The van der Waals surface area contributed by atoms with Crippen molar-refractivity contribution in [1.29, 1.82) is 0 Å². The summed E-state index contributed by atoms with van der Waals surface area (Å²) < 4.78 is 1.96. The van der Waals surface area contributed by atoms with Crippen LogP contribution in [0, 0.1) is 5.92 Å². The quantitative estimate of drug-likeness (QED) is 0.753. The van der Waals surface area contributed by atoms with Gasteiger partial charge in [0.2, 0.25) is 5.91 Å². The molecule has 1 amide bonds. The van der Waals surface area contributed by atoms with Gasteiger partial charge in [-0.25, -0.2) is 0 Å². The van der Waals surface area contributed by atoms with Crippen LogP contribution in [-0.2, 0) is 11.3 Å². The van der Waals surface area contributed by atoms with Gasteiger partial charge in [-0.15, -0.1) is 0 Å². The summed E-state index contributed by atoms with van der Waals surface area (Å²) in [5.74, 6) is 0.501. The summed E-state index contributed by atoms with van der Waals surface area (Å²) in [5, 5.41) is 7.10. The largest absolute Gasteiger partial charge is 0.355 e. The van der Waals surface area contributed by atoms with Crippen LogP contribution in [0.3, 0.4) is 0 Å². The van der Waals surface area contributed by atoms with Crippen molar-refractivity contribution in [3.05, 3.63) is 18.0 Å². The lowest BCUT2D eigenvalue weighted by molar-refractivity contribution is -0.122. The minimum atomic E-state index is 0.0667. The molecule has 0 aromatic carbocycles. The molecule has 1 aromatic heterocycles. The number of amides is 1. The first-order valence-corrected chi connectivity index (χ1v) is 5.03. The highest BCUT2D eigenvalue weighted by Crippen LogP contribution is 2.27. The number of hydrogen-bond donors (Lipinski definition) is 1. The molecule has 0 radical (unpaired) electrons. The van der Waals surface area contributed by atoms with E-state index in [4.69, 9.17) is 0 Å². The number of nitrogens with one attached hydrogen (secondary N) is 1. The molecule has 0 bridgehead atoms. The molecule has 0 saturated carbocycles. The maximum Gasteiger partial charge on any atom is 0.223 e. The van der Waals surface area contributed by atoms with E-state index < -0.39 is 0 Å². The fraction of sp³-hybridized carbons (Fsp3) is 0.600. The number of aryl methyl sites for hydroxylation is 1. The summed E-state index contributed by atoms with van der Waals surface area (Å²) in [7, 11) is 0. The Kier molecular flexibility index (Phi) is 2.27. The third-order valence-corrected chi connectivity index (χ3v) is 2.94. The van der Waals surface area contributed by atoms with E-state index in [2.05, 4.69) is 17.3 Å². The number of nitrogens with zero attached hydrogens (tertiary/aromatic N) is 2. The summed E-state index contributed by atoms with van der Waals surface area (Å²) in [5.41, 5.74) is 1.17. The van der Waals surface area contributed by atoms with Gasteiger partial charge in [0.25, 0.3) is 0 Å². The van der Waals surface area contributed by atoms with Gasteiger partial charge in [0.1, 0.15) is 0 Å². The number of hydrogen-bond acceptors (Lipinski definition) is 2. The first-order chi connectivity index (χ1) is 6.74. The van der Waals surface area contributed by atoms with Crippen LogP contribution in [0.15, 0.2) is 12.3 Å². The monoisotopic (exact) mass is 193 g/mol. The van der Waals surface area contributed by atoms with Crippen molar-refractivity contribution in [2.24, 2.45) is 5.92 Å². The van der Waals surface area contributed by atoms with Crippen molar-refractivity contribution in [3.63, 3.8) is 0 Å². The highest BCUT2D eigenvalue weighted by molar-refractivity contribution is 5.81. The summed E-state index contributed by atoms with van der Waals surface area (Å²) >= 11 is 0. The minimum Gasteiger partial charge on any atom is -0.355 e. The van der Waals surface area contributed by atoms with Crippen LogP contribution in [0.1, 0.15) is 25.5 Å². The third kappa shape index (κ3) is 1.31. The van der Waals surface area contributed by atoms with Gasteiger partial charge in [0.05, 0.1) is 0 Å². The van der Waals surface area contributed by atoms with Crippen molar-refractivity contribution < 1.29 is 4.79 Å². The zero-order chi connectivity index (χ0) is 10.1. The van der Waals surface area contributed by atoms with Crippen LogP contribution in [0.25, 0.3) is 0 Å². The summed E-state index contributed by atoms with van der Waals surface area (Å²) in [6.45, 7) is 5.64. The van der Waals surface area contributed by atoms with Crippen molar-refractivity contribution in [3.8, 4) is 0 Å². The zero-order valence-corrected chi connectivity index (χ0v) is 8.53. The van der Waals surface area contributed by atoms with Crippen molar-refractivity contribution in [2.45, 2.75) is 26.3 Å². The van der Waals surface area contributed by atoms with Crippen LogP contribution in [0.5, 0.6) is 0 Å². The molecule has 1 aliphatic rings. The fourth-order valence-corrected chi connectivity index (χ4v) is 2.01. The number of aromatic nitrogens is 2. The molecule has 1 saturated heterocycles. The van der Waals surface area contributed by atoms with Gasteiger partial charge in [-0.05, 0) is 13.0 Å². The molecule has 0 spiro atoms. The number of carbonyl (C=O) groups excluding carboxylic acids is 1. The molecule has 4 heteroatoms. The van der Waals surface area contributed by atoms with Crippen molar-refractivity contribution in [1.82, 2.24) is 15.1 Å². The molecule has 2 atom stereocenters. The second-order valence-corrected chi connectivity index (χ2v) is 3.71. The first-order valence-electron chi connectivity index (χ1n) is 5.03. The van der Waals surface area contributed by atoms with E-state index in [1.54, 1.807) is 6.20 Å². The Bertz CT molecular complexity index is 345. The van der Waals surface area contributed by atoms with E-state index in [9.17, 15) is 4.79 Å². The van der Waals surface area contributed by atoms with Crippen LogP contribution < -0.4 is 5.32 Å². The maximum atomic E-state index is 11.3. The summed E-state index contributed by atoms with van der Waals surface area (Å²) in [6.07, 6.45) is 1.80. The zero-order valence-electron chi connectivity index (χ0n) is 8.53. The Morgan fingerprint density at radius 2 is 2.50 bits per heavy atom. The molecular formula is C10H15N3O. The fourth-order valence-electron chi connectivity index (χ4n) is 2.01. The Balaban J connectivity index is 2.27. The molecule has 2 rings (SSSR count). The molecule has 2 unspecified atom stereocenters. The molecular weight excluding hydrogens is 178 g/mol. The number of rotatable bonds is 2. The first kappa shape index (κ1) is 9.24. The van der Waals surface area contributed by atoms with E-state index in [0.717, 1.165) is 13.1 Å². The predicted octanol–water partition coefficient (Wildman–Crippen LogP) is 0.752. The average Bonchev–Trinajstić information content (AvgIpc) is 2.75. The number of carbonyl (C=O) groups is 1. The Hall–Kier alpha value is -1.32. The topological polar surface area (TPSA) is 46.9 Å². The lowest BCUT2D eigenvalue weighted by Crippen LogP contribution is -2.17. The van der Waals surface area contributed by atoms with Crippen molar-refractivity contribution in [2.75, 3.05) is 6.54 Å². The predicted molar refractivity (Wildman–Crippen MR) is 52.8 cm³/mol. The molecule has 0 aliphatic carbocycles. The third-order valence-electron chi connectivity index (χ3n) is 2.94. The van der Waals surface area contributed by atoms with Crippen LogP contribution in [-0.4, -0.2) is 22.2 Å². The van der Waals surface area contributed by atoms with E-state index in [-0.39, 0.29) is 17.7 Å². The van der Waals surface area contributed by atoms with Crippen LogP contribution in [0.4, 0.5) is 0 Å². The molecule has 2 heterocycles. The Labute approximate surface area is 83.3 Å². The van der Waals surface area contributed by atoms with Gasteiger partial charge in [-0.3, -0.25) is 9.48 Å². The Morgan fingerprint density at radius 3 is 3.07 bits per heavy atom. The van der Waals surface area contributed by atoms with E-state index in [1.165, 1.54) is 5.69 Å². The average molecular weight is 193 g/mol. The van der Waals surface area contributed by atoms with Gasteiger partial charge in [0, 0.05) is 36.8 Å². The second kappa shape index (κ2) is 3.44. The van der Waals surface area contributed by atoms with Gasteiger partial charge in [-0.1, -0.05) is 6.92 Å². The maximum absolute atomic E-state index is 11.3. The van der Waals surface area contributed by atoms with E-state index >= 15 is 0 Å². The van der Waals surface area contributed by atoms with Gasteiger partial charge < -0.3 is 5.32 Å². The van der Waals surface area contributed by atoms with Gasteiger partial charge in [-0.2, -0.15) is 5.10 Å². The lowest BCUT2D eigenvalue weighted by atomic mass is 9.94. The molecule has 1 N–H and O–H groups in total. The highest BCUT2D eigenvalue weighted by atomic mass is 16.2. The van der Waals surface area contributed by atoms with Crippen LogP contribution >= 0.6 is 0 Å². The highest BCUT2D eigenvalue weighted by Gasteiger charge is 2.33. The van der Waals surface area contributed by atoms with Crippen LogP contribution in [0.2, 0.25) is 0 Å². The molecule has 76 valence electrons. The smallest absolute Gasteiger partial charge is 0.223 e. The minimum absolute atomic E-state index is 0.0667. The lowest BCUT2D eigenvalue weighted by Gasteiger charge is -2.13. The van der Waals surface area contributed by atoms with Gasteiger partial charge in [0.15, 0.2) is 0 Å². The van der Waals surface area contributed by atoms with E-state index in [0.29, 0.717) is 0 Å². The molecule has 1 fully saturated rings.